The molecule has 0 fully saturated rings. The van der Waals surface area contributed by atoms with Gasteiger partial charge in [0.25, 0.3) is 21.4 Å². The first-order valence-corrected chi connectivity index (χ1v) is 10.9. The number of nitrogens with zero attached hydrogens (tertiary/aromatic N) is 3. The van der Waals surface area contributed by atoms with E-state index in [4.69, 9.17) is 0 Å². The van der Waals surface area contributed by atoms with Gasteiger partial charge in [-0.25, -0.2) is 8.42 Å². The van der Waals surface area contributed by atoms with E-state index < -0.39 is 42.9 Å². The number of sulfonamides is 1. The zero-order valence-electron chi connectivity index (χ0n) is 17.2. The zero-order valence-corrected chi connectivity index (χ0v) is 18.1. The fraction of sp³-hybridized carbons (Fsp3) is 0.0952. The van der Waals surface area contributed by atoms with E-state index in [2.05, 4.69) is 5.32 Å². The molecule has 3 rings (SSSR count). The number of nitro benzene ring substituents is 2. The van der Waals surface area contributed by atoms with E-state index in [0.717, 1.165) is 22.5 Å². The second-order valence-corrected chi connectivity index (χ2v) is 8.71. The molecule has 0 aliphatic rings. The topological polar surface area (TPSA) is 153 Å². The number of hydrogen-bond donors (Lipinski definition) is 1. The Kier molecular flexibility index (Phi) is 6.68. The van der Waals surface area contributed by atoms with Gasteiger partial charge in [-0.15, -0.1) is 0 Å². The van der Waals surface area contributed by atoms with Gasteiger partial charge in [-0.2, -0.15) is 0 Å². The lowest BCUT2D eigenvalue weighted by molar-refractivity contribution is -0.387. The monoisotopic (exact) mass is 470 g/mol. The molecule has 0 aromatic heterocycles. The van der Waals surface area contributed by atoms with E-state index >= 15 is 0 Å². The van der Waals surface area contributed by atoms with Gasteiger partial charge in [0.1, 0.15) is 6.54 Å². The van der Waals surface area contributed by atoms with Crippen molar-refractivity contribution < 1.29 is 23.1 Å². The number of amides is 1. The van der Waals surface area contributed by atoms with Crippen LogP contribution in [0, 0.1) is 27.2 Å². The first kappa shape index (κ1) is 23.3. The van der Waals surface area contributed by atoms with Crippen LogP contribution >= 0.6 is 0 Å². The molecule has 170 valence electrons. The number of anilines is 2. The minimum Gasteiger partial charge on any atom is -0.324 e. The summed E-state index contributed by atoms with van der Waals surface area (Å²) < 4.78 is 27.6. The van der Waals surface area contributed by atoms with Crippen LogP contribution in [0.5, 0.6) is 0 Å². The number of aryl methyl sites for hydroxylation is 1. The van der Waals surface area contributed by atoms with Crippen LogP contribution in [-0.4, -0.2) is 30.7 Å². The summed E-state index contributed by atoms with van der Waals surface area (Å²) in [6.07, 6.45) is 0. The van der Waals surface area contributed by atoms with Gasteiger partial charge in [0.15, 0.2) is 4.90 Å². The fourth-order valence-electron chi connectivity index (χ4n) is 3.03. The van der Waals surface area contributed by atoms with Gasteiger partial charge in [0, 0.05) is 18.2 Å². The van der Waals surface area contributed by atoms with Crippen molar-refractivity contribution in [2.45, 2.75) is 11.8 Å². The number of nitrogens with one attached hydrogen (secondary N) is 1. The lowest BCUT2D eigenvalue weighted by atomic mass is 10.2. The van der Waals surface area contributed by atoms with Gasteiger partial charge < -0.3 is 5.32 Å². The van der Waals surface area contributed by atoms with E-state index in [-0.39, 0.29) is 17.1 Å². The van der Waals surface area contributed by atoms with Crippen molar-refractivity contribution in [2.75, 3.05) is 16.2 Å². The molecule has 0 aliphatic heterocycles. The van der Waals surface area contributed by atoms with Gasteiger partial charge in [0.05, 0.1) is 21.2 Å². The highest BCUT2D eigenvalue weighted by molar-refractivity contribution is 7.93. The molecule has 0 unspecified atom stereocenters. The minimum absolute atomic E-state index is 0.113. The Balaban J connectivity index is 2.00. The Hall–Kier alpha value is -4.32. The van der Waals surface area contributed by atoms with Crippen LogP contribution in [0.15, 0.2) is 77.7 Å². The molecule has 12 heteroatoms. The van der Waals surface area contributed by atoms with E-state index in [1.54, 1.807) is 25.1 Å². The van der Waals surface area contributed by atoms with Crippen molar-refractivity contribution in [3.05, 3.63) is 98.6 Å². The average molecular weight is 470 g/mol. The Morgan fingerprint density at radius 3 is 2.21 bits per heavy atom. The second-order valence-electron chi connectivity index (χ2n) is 6.88. The Morgan fingerprint density at radius 2 is 1.58 bits per heavy atom. The SMILES string of the molecule is Cc1ccc([N+](=O)[O-])cc1NC(=O)CN(c1ccccc1)S(=O)(=O)c1ccccc1[N+](=O)[O-]. The lowest BCUT2D eigenvalue weighted by Crippen LogP contribution is -2.38. The largest absolute Gasteiger partial charge is 0.324 e. The summed E-state index contributed by atoms with van der Waals surface area (Å²) in [5.74, 6) is -0.787. The molecule has 0 saturated heterocycles. The highest BCUT2D eigenvalue weighted by atomic mass is 32.2. The van der Waals surface area contributed by atoms with Crippen LogP contribution in [-0.2, 0) is 14.8 Å². The van der Waals surface area contributed by atoms with Gasteiger partial charge in [-0.05, 0) is 30.7 Å². The number of carbonyl (C=O) groups excluding carboxylic acids is 1. The van der Waals surface area contributed by atoms with Crippen molar-refractivity contribution in [2.24, 2.45) is 0 Å². The maximum absolute atomic E-state index is 13.4. The Morgan fingerprint density at radius 1 is 0.939 bits per heavy atom. The normalized spacial score (nSPS) is 10.9. The second kappa shape index (κ2) is 9.44. The van der Waals surface area contributed by atoms with Crippen molar-refractivity contribution in [3.8, 4) is 0 Å². The molecular weight excluding hydrogens is 452 g/mol. The van der Waals surface area contributed by atoms with E-state index in [1.165, 1.54) is 36.4 Å². The summed E-state index contributed by atoms with van der Waals surface area (Å²) in [5.41, 5.74) is -0.0923. The van der Waals surface area contributed by atoms with Crippen molar-refractivity contribution >= 4 is 38.7 Å². The molecule has 3 aromatic carbocycles. The molecular formula is C21H18N4O7S. The number of carbonyl (C=O) groups is 1. The maximum atomic E-state index is 13.4. The highest BCUT2D eigenvalue weighted by Crippen LogP contribution is 2.30. The van der Waals surface area contributed by atoms with Crippen LogP contribution in [0.4, 0.5) is 22.7 Å². The summed E-state index contributed by atoms with van der Waals surface area (Å²) in [4.78, 5) is 33.2. The minimum atomic E-state index is -4.53. The van der Waals surface area contributed by atoms with Crippen molar-refractivity contribution in [1.82, 2.24) is 0 Å². The molecule has 1 amide bonds. The van der Waals surface area contributed by atoms with Crippen LogP contribution in [0.3, 0.4) is 0 Å². The van der Waals surface area contributed by atoms with E-state index in [0.29, 0.717) is 5.56 Å². The Labute approximate surface area is 188 Å². The molecule has 0 saturated carbocycles. The number of hydrogen-bond acceptors (Lipinski definition) is 7. The quantitative estimate of drug-likeness (QED) is 0.389. The molecule has 0 spiro atoms. The van der Waals surface area contributed by atoms with Gasteiger partial charge in [-0.3, -0.25) is 29.3 Å². The molecule has 0 atom stereocenters. The number of rotatable bonds is 8. The zero-order chi connectivity index (χ0) is 24.2. The summed E-state index contributed by atoms with van der Waals surface area (Å²) in [5, 5.41) is 24.9. The highest BCUT2D eigenvalue weighted by Gasteiger charge is 2.33. The van der Waals surface area contributed by atoms with Crippen molar-refractivity contribution in [1.29, 1.82) is 0 Å². The molecule has 3 aromatic rings. The molecule has 11 nitrogen and oxygen atoms in total. The lowest BCUT2D eigenvalue weighted by Gasteiger charge is -2.24. The maximum Gasteiger partial charge on any atom is 0.289 e. The molecule has 0 heterocycles. The van der Waals surface area contributed by atoms with Crippen molar-refractivity contribution in [3.63, 3.8) is 0 Å². The summed E-state index contributed by atoms with van der Waals surface area (Å²) >= 11 is 0. The molecule has 33 heavy (non-hydrogen) atoms. The van der Waals surface area contributed by atoms with Crippen LogP contribution in [0.2, 0.25) is 0 Å². The van der Waals surface area contributed by atoms with Crippen LogP contribution < -0.4 is 9.62 Å². The molecule has 0 radical (unpaired) electrons. The summed E-state index contributed by atoms with van der Waals surface area (Å²) in [6.45, 7) is 0.902. The number of benzene rings is 3. The van der Waals surface area contributed by atoms with Crippen LogP contribution in [0.25, 0.3) is 0 Å². The summed E-state index contributed by atoms with van der Waals surface area (Å²) in [6, 6.07) is 16.4. The average Bonchev–Trinajstić information content (AvgIpc) is 2.79. The third-order valence-corrected chi connectivity index (χ3v) is 6.49. The van der Waals surface area contributed by atoms with Gasteiger partial charge in [-0.1, -0.05) is 36.4 Å². The van der Waals surface area contributed by atoms with E-state index in [9.17, 15) is 33.4 Å². The summed E-state index contributed by atoms with van der Waals surface area (Å²) in [7, 11) is -4.53. The molecule has 0 aliphatic carbocycles. The standard InChI is InChI=1S/C21H18N4O7S/c1-15-11-12-17(24(27)28)13-18(15)22-21(26)14-23(16-7-3-2-4-8-16)33(31,32)20-10-6-5-9-19(20)25(29)30/h2-13H,14H2,1H3,(H,22,26). The third kappa shape index (κ3) is 5.13. The predicted molar refractivity (Wildman–Crippen MR) is 121 cm³/mol. The first-order chi connectivity index (χ1) is 15.6. The third-order valence-electron chi connectivity index (χ3n) is 4.67. The van der Waals surface area contributed by atoms with Gasteiger partial charge in [0.2, 0.25) is 5.91 Å². The molecule has 0 bridgehead atoms. The predicted octanol–water partition coefficient (Wildman–Crippen LogP) is 3.65. The number of nitro groups is 2. The smallest absolute Gasteiger partial charge is 0.289 e. The van der Waals surface area contributed by atoms with Crippen LogP contribution in [0.1, 0.15) is 5.56 Å². The number of para-hydroxylation sites is 2. The molecule has 1 N–H and O–H groups in total. The Bertz CT molecular complexity index is 1330. The van der Waals surface area contributed by atoms with Gasteiger partial charge >= 0.3 is 0 Å². The number of non-ortho nitro benzene ring substituents is 1. The first-order valence-electron chi connectivity index (χ1n) is 9.47. The van der Waals surface area contributed by atoms with E-state index in [1.807, 2.05) is 0 Å². The fourth-order valence-corrected chi connectivity index (χ4v) is 4.61.